The van der Waals surface area contributed by atoms with E-state index in [2.05, 4.69) is 10.2 Å². The Labute approximate surface area is 149 Å². The number of ether oxygens (including phenoxy) is 1. The monoisotopic (exact) mass is 359 g/mol. The molecule has 2 heterocycles. The molecule has 0 aliphatic carbocycles. The molecular formula is C19H19F2N3O2. The third-order valence-corrected chi connectivity index (χ3v) is 4.29. The van der Waals surface area contributed by atoms with E-state index in [1.807, 2.05) is 30.6 Å². The van der Waals surface area contributed by atoms with Crippen molar-refractivity contribution in [2.75, 3.05) is 0 Å². The molecule has 0 bridgehead atoms. The van der Waals surface area contributed by atoms with Crippen LogP contribution in [0.5, 0.6) is 5.88 Å². The number of benzene rings is 1. The third kappa shape index (κ3) is 3.30. The molecule has 0 atom stereocenters. The molecule has 0 saturated heterocycles. The zero-order chi connectivity index (χ0) is 18.7. The highest BCUT2D eigenvalue weighted by Crippen LogP contribution is 2.31. The number of fused-ring (bicyclic) bond motifs is 1. The highest BCUT2D eigenvalue weighted by Gasteiger charge is 2.18. The molecule has 0 aliphatic heterocycles. The van der Waals surface area contributed by atoms with Crippen molar-refractivity contribution in [3.05, 3.63) is 65.0 Å². The van der Waals surface area contributed by atoms with E-state index in [-0.39, 0.29) is 24.7 Å². The van der Waals surface area contributed by atoms with Crippen molar-refractivity contribution in [3.8, 4) is 5.88 Å². The molecule has 2 aromatic heterocycles. The molecule has 0 spiro atoms. The number of hydrogen-bond acceptors (Lipinski definition) is 4. The van der Waals surface area contributed by atoms with Crippen LogP contribution in [0.2, 0.25) is 0 Å². The van der Waals surface area contributed by atoms with E-state index >= 15 is 0 Å². The van der Waals surface area contributed by atoms with Gasteiger partial charge in [-0.2, -0.15) is 5.10 Å². The van der Waals surface area contributed by atoms with Crippen molar-refractivity contribution in [1.82, 2.24) is 14.8 Å². The first kappa shape index (κ1) is 18.0. The summed E-state index contributed by atoms with van der Waals surface area (Å²) in [4.78, 5) is 0. The smallest absolute Gasteiger partial charge is 0.258 e. The molecule has 136 valence electrons. The fourth-order valence-electron chi connectivity index (χ4n) is 2.89. The lowest BCUT2D eigenvalue weighted by Crippen LogP contribution is -2.05. The van der Waals surface area contributed by atoms with Crippen LogP contribution in [0.4, 0.5) is 8.78 Å². The van der Waals surface area contributed by atoms with Crippen LogP contribution in [0.1, 0.15) is 23.7 Å². The van der Waals surface area contributed by atoms with Crippen molar-refractivity contribution in [2.24, 2.45) is 0 Å². The Bertz CT molecular complexity index is 967. The predicted molar refractivity (Wildman–Crippen MR) is 93.7 cm³/mol. The Morgan fingerprint density at radius 3 is 2.81 bits per heavy atom. The molecule has 3 aromatic rings. The van der Waals surface area contributed by atoms with Gasteiger partial charge in [0.15, 0.2) is 0 Å². The van der Waals surface area contributed by atoms with Gasteiger partial charge < -0.3 is 14.4 Å². The summed E-state index contributed by atoms with van der Waals surface area (Å²) in [5.41, 5.74) is 2.53. The van der Waals surface area contributed by atoms with E-state index in [1.54, 1.807) is 6.20 Å². The highest BCUT2D eigenvalue weighted by atomic mass is 19.1. The lowest BCUT2D eigenvalue weighted by Gasteiger charge is -2.10. The third-order valence-electron chi connectivity index (χ3n) is 4.29. The van der Waals surface area contributed by atoms with Crippen molar-refractivity contribution in [1.29, 1.82) is 0 Å². The molecule has 0 unspecified atom stereocenters. The minimum Gasteiger partial charge on any atom is -0.470 e. The van der Waals surface area contributed by atoms with Crippen LogP contribution in [0.3, 0.4) is 0 Å². The fourth-order valence-corrected chi connectivity index (χ4v) is 2.89. The number of aromatic nitrogens is 3. The summed E-state index contributed by atoms with van der Waals surface area (Å²) in [6, 6.07) is 3.33. The van der Waals surface area contributed by atoms with Crippen molar-refractivity contribution >= 4 is 10.9 Å². The Hall–Kier alpha value is -2.80. The SMILES string of the molecule is C/C=C/Cn1c(C)c(CO)c2cnnc(OCc3ccc(F)cc3F)c21. The molecule has 0 radical (unpaired) electrons. The number of aliphatic hydroxyl groups excluding tert-OH is 1. The zero-order valence-corrected chi connectivity index (χ0v) is 14.5. The second-order valence-corrected chi connectivity index (χ2v) is 5.84. The van der Waals surface area contributed by atoms with Gasteiger partial charge in [0.1, 0.15) is 23.8 Å². The van der Waals surface area contributed by atoms with Crippen LogP contribution in [0.15, 0.2) is 36.5 Å². The maximum Gasteiger partial charge on any atom is 0.258 e. The number of halogens is 2. The van der Waals surface area contributed by atoms with Gasteiger partial charge in [-0.3, -0.25) is 0 Å². The van der Waals surface area contributed by atoms with Crippen LogP contribution in [0.25, 0.3) is 10.9 Å². The second kappa shape index (κ2) is 7.61. The normalized spacial score (nSPS) is 11.6. The van der Waals surface area contributed by atoms with Gasteiger partial charge in [-0.05, 0) is 26.0 Å². The van der Waals surface area contributed by atoms with Gasteiger partial charge >= 0.3 is 0 Å². The van der Waals surface area contributed by atoms with E-state index in [1.165, 1.54) is 12.1 Å². The molecule has 26 heavy (non-hydrogen) atoms. The number of aliphatic hydroxyl groups is 1. The van der Waals surface area contributed by atoms with Crippen LogP contribution in [-0.2, 0) is 19.8 Å². The first-order chi connectivity index (χ1) is 12.6. The van der Waals surface area contributed by atoms with Gasteiger partial charge in [0, 0.05) is 34.8 Å². The molecule has 0 aliphatic rings. The number of rotatable bonds is 6. The Kier molecular flexibility index (Phi) is 5.27. The van der Waals surface area contributed by atoms with E-state index < -0.39 is 11.6 Å². The van der Waals surface area contributed by atoms with Crippen LogP contribution < -0.4 is 4.74 Å². The van der Waals surface area contributed by atoms with E-state index in [0.717, 1.165) is 22.7 Å². The fraction of sp³-hybridized carbons (Fsp3) is 0.263. The molecule has 1 aromatic carbocycles. The molecule has 0 fully saturated rings. The van der Waals surface area contributed by atoms with Crippen molar-refractivity contribution in [3.63, 3.8) is 0 Å². The summed E-state index contributed by atoms with van der Waals surface area (Å²) in [7, 11) is 0. The van der Waals surface area contributed by atoms with Gasteiger partial charge in [-0.15, -0.1) is 5.10 Å². The average molecular weight is 359 g/mol. The van der Waals surface area contributed by atoms with Crippen molar-refractivity contribution in [2.45, 2.75) is 33.6 Å². The summed E-state index contributed by atoms with van der Waals surface area (Å²) in [6.45, 7) is 4.15. The van der Waals surface area contributed by atoms with Gasteiger partial charge in [0.05, 0.1) is 12.8 Å². The van der Waals surface area contributed by atoms with E-state index in [4.69, 9.17) is 4.74 Å². The summed E-state index contributed by atoms with van der Waals surface area (Å²) in [5.74, 6) is -1.09. The molecule has 3 rings (SSSR count). The van der Waals surface area contributed by atoms with Gasteiger partial charge in [0.2, 0.25) is 0 Å². The average Bonchev–Trinajstić information content (AvgIpc) is 2.90. The van der Waals surface area contributed by atoms with E-state index in [9.17, 15) is 13.9 Å². The summed E-state index contributed by atoms with van der Waals surface area (Å²) < 4.78 is 34.5. The van der Waals surface area contributed by atoms with Gasteiger partial charge in [-0.25, -0.2) is 8.78 Å². The zero-order valence-electron chi connectivity index (χ0n) is 14.5. The molecule has 1 N–H and O–H groups in total. The highest BCUT2D eigenvalue weighted by molar-refractivity contribution is 5.88. The maximum absolute atomic E-state index is 13.8. The number of allylic oxidation sites excluding steroid dienone is 2. The Morgan fingerprint density at radius 2 is 2.12 bits per heavy atom. The molecule has 0 saturated carbocycles. The first-order valence-corrected chi connectivity index (χ1v) is 8.18. The maximum atomic E-state index is 13.8. The quantitative estimate of drug-likeness (QED) is 0.682. The van der Waals surface area contributed by atoms with Gasteiger partial charge in [0.25, 0.3) is 5.88 Å². The van der Waals surface area contributed by atoms with Crippen molar-refractivity contribution < 1.29 is 18.6 Å². The Balaban J connectivity index is 2.02. The topological polar surface area (TPSA) is 60.2 Å². The van der Waals surface area contributed by atoms with Crippen LogP contribution in [0, 0.1) is 18.6 Å². The standard InChI is InChI=1S/C19H19F2N3O2/c1-3-4-7-24-12(2)16(10-25)15-9-22-23-19(18(15)24)26-11-13-5-6-14(20)8-17(13)21/h3-6,8-9,25H,7,10-11H2,1-2H3/b4-3+. The minimum atomic E-state index is -0.679. The lowest BCUT2D eigenvalue weighted by atomic mass is 10.2. The van der Waals surface area contributed by atoms with Gasteiger partial charge in [-0.1, -0.05) is 12.2 Å². The molecular weight excluding hydrogens is 340 g/mol. The molecule has 0 amide bonds. The van der Waals surface area contributed by atoms with E-state index in [0.29, 0.717) is 12.1 Å². The molecule has 5 nitrogen and oxygen atoms in total. The lowest BCUT2D eigenvalue weighted by molar-refractivity contribution is 0.282. The molecule has 7 heteroatoms. The summed E-state index contributed by atoms with van der Waals surface area (Å²) in [6.07, 6.45) is 5.47. The van der Waals surface area contributed by atoms with Crippen LogP contribution >= 0.6 is 0 Å². The summed E-state index contributed by atoms with van der Waals surface area (Å²) >= 11 is 0. The predicted octanol–water partition coefficient (Wildman–Crippen LogP) is 3.67. The minimum absolute atomic E-state index is 0.109. The number of hydrogen-bond donors (Lipinski definition) is 1. The Morgan fingerprint density at radius 1 is 1.31 bits per heavy atom. The summed E-state index contributed by atoms with van der Waals surface area (Å²) in [5, 5.41) is 18.4. The van der Waals surface area contributed by atoms with Crippen LogP contribution in [-0.4, -0.2) is 19.9 Å². The number of nitrogens with zero attached hydrogens (tertiary/aromatic N) is 3. The first-order valence-electron chi connectivity index (χ1n) is 8.18. The second-order valence-electron chi connectivity index (χ2n) is 5.84. The largest absolute Gasteiger partial charge is 0.470 e.